The Hall–Kier alpha value is -2.32. The number of carbonyl (C=O) groups excluding carboxylic acids is 1. The molecule has 2 aromatic rings. The number of hydrogen-bond donors (Lipinski definition) is 0. The van der Waals surface area contributed by atoms with E-state index in [1.165, 1.54) is 24.2 Å². The van der Waals surface area contributed by atoms with Crippen molar-refractivity contribution in [3.63, 3.8) is 0 Å². The summed E-state index contributed by atoms with van der Waals surface area (Å²) in [6.45, 7) is -2.69. The average molecular weight is 257 g/mol. The predicted octanol–water partition coefficient (Wildman–Crippen LogP) is 0.705. The minimum Gasteiger partial charge on any atom is -0.464 e. The molecular weight excluding hydrogens is 248 g/mol. The largest absolute Gasteiger partial charge is 0.464 e. The number of methoxy groups -OCH3 is 1. The van der Waals surface area contributed by atoms with Crippen LogP contribution in [0.25, 0.3) is 0 Å². The molecule has 0 aliphatic heterocycles. The fraction of sp³-hybridized carbons (Fsp3) is 0.333. The highest BCUT2D eigenvalue weighted by atomic mass is 19.3. The molecule has 0 N–H and O–H groups in total. The average Bonchev–Trinajstić information content (AvgIpc) is 2.97. The predicted molar refractivity (Wildman–Crippen MR) is 53.9 cm³/mol. The maximum absolute atomic E-state index is 12.6. The van der Waals surface area contributed by atoms with Gasteiger partial charge in [0.1, 0.15) is 12.4 Å². The minimum atomic E-state index is -2.67. The summed E-state index contributed by atoms with van der Waals surface area (Å²) < 4.78 is 31.5. The van der Waals surface area contributed by atoms with Gasteiger partial charge in [0, 0.05) is 12.4 Å². The van der Waals surface area contributed by atoms with Crippen LogP contribution in [0, 0.1) is 0 Å². The minimum absolute atomic E-state index is 0.00709. The van der Waals surface area contributed by atoms with Crippen molar-refractivity contribution in [2.24, 2.45) is 0 Å². The maximum atomic E-state index is 12.6. The molecule has 0 saturated heterocycles. The SMILES string of the molecule is COC(=O)c1cn(Cc2nccn2C(F)F)nn1. The molecule has 0 atom stereocenters. The van der Waals surface area contributed by atoms with Gasteiger partial charge in [0.25, 0.3) is 0 Å². The lowest BCUT2D eigenvalue weighted by atomic mass is 10.5. The van der Waals surface area contributed by atoms with Crippen molar-refractivity contribution in [1.29, 1.82) is 0 Å². The number of hydrogen-bond acceptors (Lipinski definition) is 5. The van der Waals surface area contributed by atoms with E-state index in [0.717, 1.165) is 6.20 Å². The van der Waals surface area contributed by atoms with Gasteiger partial charge in [0.2, 0.25) is 0 Å². The summed E-state index contributed by atoms with van der Waals surface area (Å²) in [5.74, 6) is -0.523. The third-order valence-corrected chi connectivity index (χ3v) is 2.20. The summed E-state index contributed by atoms with van der Waals surface area (Å²) in [4.78, 5) is 14.9. The molecule has 0 aromatic carbocycles. The molecule has 2 heterocycles. The maximum Gasteiger partial charge on any atom is 0.360 e. The lowest BCUT2D eigenvalue weighted by Crippen LogP contribution is -2.09. The van der Waals surface area contributed by atoms with Crippen LogP contribution >= 0.6 is 0 Å². The summed E-state index contributed by atoms with van der Waals surface area (Å²) in [6, 6.07) is 0. The van der Waals surface area contributed by atoms with Crippen LogP contribution in [0.3, 0.4) is 0 Å². The van der Waals surface area contributed by atoms with Gasteiger partial charge in [0.05, 0.1) is 13.3 Å². The van der Waals surface area contributed by atoms with E-state index in [2.05, 4.69) is 20.0 Å². The molecule has 0 radical (unpaired) electrons. The fourth-order valence-electron chi connectivity index (χ4n) is 1.36. The van der Waals surface area contributed by atoms with E-state index in [0.29, 0.717) is 4.57 Å². The first-order valence-corrected chi connectivity index (χ1v) is 4.90. The summed E-state index contributed by atoms with van der Waals surface area (Å²) in [6.07, 6.45) is 3.73. The van der Waals surface area contributed by atoms with Crippen LogP contribution in [0.1, 0.15) is 22.9 Å². The molecule has 18 heavy (non-hydrogen) atoms. The number of imidazole rings is 1. The van der Waals surface area contributed by atoms with E-state index < -0.39 is 12.5 Å². The molecule has 2 aromatic heterocycles. The summed E-state index contributed by atoms with van der Waals surface area (Å²) in [5, 5.41) is 7.18. The number of carbonyl (C=O) groups is 1. The van der Waals surface area contributed by atoms with Crippen molar-refractivity contribution in [3.05, 3.63) is 30.1 Å². The monoisotopic (exact) mass is 257 g/mol. The van der Waals surface area contributed by atoms with Crippen molar-refractivity contribution >= 4 is 5.97 Å². The summed E-state index contributed by atoms with van der Waals surface area (Å²) in [7, 11) is 1.21. The van der Waals surface area contributed by atoms with Crippen molar-refractivity contribution < 1.29 is 18.3 Å². The molecule has 0 aliphatic carbocycles. The van der Waals surface area contributed by atoms with Crippen LogP contribution in [-0.4, -0.2) is 37.6 Å². The number of nitrogens with zero attached hydrogens (tertiary/aromatic N) is 5. The van der Waals surface area contributed by atoms with Crippen LogP contribution < -0.4 is 0 Å². The molecule has 0 aliphatic rings. The van der Waals surface area contributed by atoms with Crippen LogP contribution in [0.5, 0.6) is 0 Å². The summed E-state index contributed by atoms with van der Waals surface area (Å²) >= 11 is 0. The normalized spacial score (nSPS) is 10.9. The van der Waals surface area contributed by atoms with Gasteiger partial charge in [-0.2, -0.15) is 8.78 Å². The zero-order valence-corrected chi connectivity index (χ0v) is 9.33. The Morgan fingerprint density at radius 2 is 2.33 bits per heavy atom. The molecule has 2 rings (SSSR count). The van der Waals surface area contributed by atoms with Crippen LogP contribution in [0.2, 0.25) is 0 Å². The smallest absolute Gasteiger partial charge is 0.360 e. The number of esters is 1. The molecule has 0 saturated carbocycles. The molecule has 0 fully saturated rings. The Bertz CT molecular complexity index is 551. The number of alkyl halides is 2. The zero-order chi connectivity index (χ0) is 13.1. The van der Waals surface area contributed by atoms with Crippen molar-refractivity contribution in [2.45, 2.75) is 13.1 Å². The zero-order valence-electron chi connectivity index (χ0n) is 9.33. The third kappa shape index (κ3) is 2.34. The van der Waals surface area contributed by atoms with E-state index >= 15 is 0 Å². The second-order valence-electron chi connectivity index (χ2n) is 3.32. The van der Waals surface area contributed by atoms with E-state index in [9.17, 15) is 13.6 Å². The highest BCUT2D eigenvalue weighted by molar-refractivity contribution is 5.86. The molecule has 0 amide bonds. The molecular formula is C9H9F2N5O2. The van der Waals surface area contributed by atoms with E-state index in [4.69, 9.17) is 0 Å². The van der Waals surface area contributed by atoms with E-state index in [1.807, 2.05) is 0 Å². The fourth-order valence-corrected chi connectivity index (χ4v) is 1.36. The van der Waals surface area contributed by atoms with Gasteiger partial charge in [-0.3, -0.25) is 4.57 Å². The lowest BCUT2D eigenvalue weighted by Gasteiger charge is -2.05. The van der Waals surface area contributed by atoms with Gasteiger partial charge >= 0.3 is 12.5 Å². The first-order valence-electron chi connectivity index (χ1n) is 4.90. The number of aromatic nitrogens is 5. The van der Waals surface area contributed by atoms with Gasteiger partial charge in [-0.05, 0) is 0 Å². The molecule has 0 spiro atoms. The quantitative estimate of drug-likeness (QED) is 0.754. The van der Waals surface area contributed by atoms with Gasteiger partial charge in [-0.1, -0.05) is 5.21 Å². The second kappa shape index (κ2) is 4.90. The Kier molecular flexibility index (Phi) is 3.31. The number of ether oxygens (including phenoxy) is 1. The molecule has 0 unspecified atom stereocenters. The molecule has 9 heteroatoms. The Labute approximate surface area is 100.0 Å². The second-order valence-corrected chi connectivity index (χ2v) is 3.32. The van der Waals surface area contributed by atoms with Crippen LogP contribution in [0.4, 0.5) is 8.78 Å². The first-order chi connectivity index (χ1) is 8.61. The van der Waals surface area contributed by atoms with Crippen molar-refractivity contribution in [3.8, 4) is 0 Å². The number of halogens is 2. The molecule has 0 bridgehead atoms. The summed E-state index contributed by atoms with van der Waals surface area (Å²) in [5.41, 5.74) is 0.00709. The highest BCUT2D eigenvalue weighted by Gasteiger charge is 2.14. The van der Waals surface area contributed by atoms with Gasteiger partial charge in [0.15, 0.2) is 5.69 Å². The first kappa shape index (κ1) is 12.1. The Balaban J connectivity index is 2.16. The topological polar surface area (TPSA) is 74.8 Å². The van der Waals surface area contributed by atoms with Gasteiger partial charge in [-0.15, -0.1) is 5.10 Å². The molecule has 96 valence electrons. The lowest BCUT2D eigenvalue weighted by molar-refractivity contribution is 0.0593. The Morgan fingerprint density at radius 3 is 3.00 bits per heavy atom. The van der Waals surface area contributed by atoms with Gasteiger partial charge in [-0.25, -0.2) is 14.5 Å². The Morgan fingerprint density at radius 1 is 1.56 bits per heavy atom. The number of rotatable bonds is 4. The molecule has 7 nitrogen and oxygen atoms in total. The van der Waals surface area contributed by atoms with Crippen LogP contribution in [-0.2, 0) is 11.3 Å². The van der Waals surface area contributed by atoms with Crippen LogP contribution in [0.15, 0.2) is 18.6 Å². The van der Waals surface area contributed by atoms with E-state index in [-0.39, 0.29) is 18.1 Å². The van der Waals surface area contributed by atoms with Crippen molar-refractivity contribution in [2.75, 3.05) is 7.11 Å². The van der Waals surface area contributed by atoms with Gasteiger partial charge < -0.3 is 4.74 Å². The van der Waals surface area contributed by atoms with Crippen molar-refractivity contribution in [1.82, 2.24) is 24.5 Å². The van der Waals surface area contributed by atoms with E-state index in [1.54, 1.807) is 0 Å². The highest BCUT2D eigenvalue weighted by Crippen LogP contribution is 2.13. The standard InChI is InChI=1S/C9H9F2N5O2/c1-18-8(17)6-4-15(14-13-6)5-7-12-2-3-16(7)9(10)11/h2-4,9H,5H2,1H3. The third-order valence-electron chi connectivity index (χ3n) is 2.20.